The van der Waals surface area contributed by atoms with Gasteiger partial charge in [0.25, 0.3) is 15.0 Å². The molecule has 0 radical (unpaired) electrons. The summed E-state index contributed by atoms with van der Waals surface area (Å²) in [6.45, 7) is 2.43. The van der Waals surface area contributed by atoms with E-state index in [2.05, 4.69) is 10.2 Å². The summed E-state index contributed by atoms with van der Waals surface area (Å²) >= 11 is 0. The van der Waals surface area contributed by atoms with Crippen LogP contribution in [-0.2, 0) is 13.8 Å². The number of H-pyrrole nitrogens is 1. The molecule has 0 fully saturated rings. The van der Waals surface area contributed by atoms with Crippen molar-refractivity contribution in [3.05, 3.63) is 11.4 Å². The van der Waals surface area contributed by atoms with Gasteiger partial charge in [-0.05, 0) is 13.3 Å². The van der Waals surface area contributed by atoms with Gasteiger partial charge < -0.3 is 9.64 Å². The maximum Gasteiger partial charge on any atom is 0.275 e. The number of carbonyl (C=O) groups excluding carboxylic acids is 1. The van der Waals surface area contributed by atoms with Crippen molar-refractivity contribution in [3.8, 4) is 0 Å². The van der Waals surface area contributed by atoms with Crippen molar-refractivity contribution in [1.82, 2.24) is 15.1 Å². The van der Waals surface area contributed by atoms with Gasteiger partial charge in [0.05, 0.1) is 5.69 Å². The lowest BCUT2D eigenvalue weighted by atomic mass is 10.3. The monoisotopic (exact) mass is 309 g/mol. The summed E-state index contributed by atoms with van der Waals surface area (Å²) in [7, 11) is 4.42. The number of rotatable bonds is 6. The van der Waals surface area contributed by atoms with E-state index in [1.165, 1.54) is 11.8 Å². The van der Waals surface area contributed by atoms with Crippen molar-refractivity contribution in [2.45, 2.75) is 18.2 Å². The van der Waals surface area contributed by atoms with Gasteiger partial charge in [0.1, 0.15) is 4.90 Å². The predicted octanol–water partition coefficient (Wildman–Crippen LogP) is 0.754. The van der Waals surface area contributed by atoms with E-state index in [1.807, 2.05) is 0 Å². The zero-order valence-electron chi connectivity index (χ0n) is 10.9. The fourth-order valence-corrected chi connectivity index (χ4v) is 2.93. The summed E-state index contributed by atoms with van der Waals surface area (Å²) in [5.41, 5.74) is 0.0519. The molecule has 0 saturated carbocycles. The van der Waals surface area contributed by atoms with Gasteiger partial charge in [-0.1, -0.05) is 0 Å². The number of methoxy groups -OCH3 is 1. The number of hydrogen-bond acceptors (Lipinski definition) is 5. The molecule has 0 spiro atoms. The zero-order chi connectivity index (χ0) is 14.6. The fourth-order valence-electron chi connectivity index (χ4n) is 1.59. The molecule has 1 heterocycles. The number of nitrogens with one attached hydrogen (secondary N) is 1. The molecule has 1 aromatic rings. The van der Waals surface area contributed by atoms with Crippen molar-refractivity contribution in [1.29, 1.82) is 0 Å². The molecular weight excluding hydrogens is 294 g/mol. The highest BCUT2D eigenvalue weighted by Crippen LogP contribution is 2.22. The number of carbonyl (C=O) groups is 1. The standard InChI is InChI=1S/C10H16ClN3O4S/c1-7-9(19(11,16)17)8(13-12-7)10(15)14(2)5-4-6-18-3/h4-6H2,1-3H3,(H,12,13). The molecule has 1 rings (SSSR count). The summed E-state index contributed by atoms with van der Waals surface area (Å²) in [5, 5.41) is 6.18. The van der Waals surface area contributed by atoms with Crippen molar-refractivity contribution in [2.24, 2.45) is 0 Å². The first-order chi connectivity index (χ1) is 8.79. The average Bonchev–Trinajstić information content (AvgIpc) is 2.70. The van der Waals surface area contributed by atoms with Gasteiger partial charge in [-0.3, -0.25) is 9.89 Å². The van der Waals surface area contributed by atoms with E-state index < -0.39 is 15.0 Å². The predicted molar refractivity (Wildman–Crippen MR) is 69.8 cm³/mol. The third-order valence-corrected chi connectivity index (χ3v) is 3.98. The second kappa shape index (κ2) is 6.36. The summed E-state index contributed by atoms with van der Waals surface area (Å²) in [4.78, 5) is 13.2. The van der Waals surface area contributed by atoms with Gasteiger partial charge in [-0.25, -0.2) is 8.42 Å². The molecule has 0 unspecified atom stereocenters. The Bertz CT molecular complexity index is 555. The van der Waals surface area contributed by atoms with E-state index in [1.54, 1.807) is 14.2 Å². The van der Waals surface area contributed by atoms with E-state index in [0.717, 1.165) is 0 Å². The van der Waals surface area contributed by atoms with Crippen molar-refractivity contribution < 1.29 is 17.9 Å². The van der Waals surface area contributed by atoms with Crippen LogP contribution in [0.15, 0.2) is 4.90 Å². The number of aryl methyl sites for hydroxylation is 1. The van der Waals surface area contributed by atoms with Crippen LogP contribution in [0.2, 0.25) is 0 Å². The molecule has 0 aliphatic carbocycles. The molecule has 108 valence electrons. The SMILES string of the molecule is COCCCN(C)C(=O)c1n[nH]c(C)c1S(=O)(=O)Cl. The summed E-state index contributed by atoms with van der Waals surface area (Å²) in [6, 6.07) is 0. The van der Waals surface area contributed by atoms with Crippen LogP contribution in [0.1, 0.15) is 22.6 Å². The van der Waals surface area contributed by atoms with Gasteiger partial charge in [0.15, 0.2) is 5.69 Å². The number of amides is 1. The number of halogens is 1. The van der Waals surface area contributed by atoms with E-state index >= 15 is 0 Å². The summed E-state index contributed by atoms with van der Waals surface area (Å²) in [6.07, 6.45) is 0.644. The molecule has 7 nitrogen and oxygen atoms in total. The second-order valence-corrected chi connectivity index (χ2v) is 6.54. The van der Waals surface area contributed by atoms with Gasteiger partial charge in [-0.15, -0.1) is 0 Å². The number of ether oxygens (including phenoxy) is 1. The maximum atomic E-state index is 12.1. The Hall–Kier alpha value is -1.12. The maximum absolute atomic E-state index is 12.1. The van der Waals surface area contributed by atoms with Crippen LogP contribution in [-0.4, -0.2) is 56.7 Å². The zero-order valence-corrected chi connectivity index (χ0v) is 12.5. The van der Waals surface area contributed by atoms with Crippen LogP contribution >= 0.6 is 10.7 Å². The molecule has 9 heteroatoms. The summed E-state index contributed by atoms with van der Waals surface area (Å²) in [5.74, 6) is -0.500. The first-order valence-corrected chi connectivity index (χ1v) is 7.84. The minimum atomic E-state index is -4.02. The summed E-state index contributed by atoms with van der Waals surface area (Å²) < 4.78 is 27.8. The van der Waals surface area contributed by atoms with E-state index in [-0.39, 0.29) is 16.3 Å². The smallest absolute Gasteiger partial charge is 0.275 e. The second-order valence-electron chi connectivity index (χ2n) is 4.04. The van der Waals surface area contributed by atoms with Crippen LogP contribution < -0.4 is 0 Å². The molecule has 1 N–H and O–H groups in total. The lowest BCUT2D eigenvalue weighted by Gasteiger charge is -2.15. The van der Waals surface area contributed by atoms with Gasteiger partial charge in [-0.2, -0.15) is 5.10 Å². The number of aromatic nitrogens is 2. The van der Waals surface area contributed by atoms with Gasteiger partial charge >= 0.3 is 0 Å². The molecular formula is C10H16ClN3O4S. The Morgan fingerprint density at radius 2 is 2.16 bits per heavy atom. The number of hydrogen-bond donors (Lipinski definition) is 1. The van der Waals surface area contributed by atoms with Crippen LogP contribution in [0.25, 0.3) is 0 Å². The average molecular weight is 310 g/mol. The minimum Gasteiger partial charge on any atom is -0.385 e. The van der Waals surface area contributed by atoms with E-state index in [9.17, 15) is 13.2 Å². The normalized spacial score (nSPS) is 11.6. The van der Waals surface area contributed by atoms with Crippen molar-refractivity contribution in [3.63, 3.8) is 0 Å². The fraction of sp³-hybridized carbons (Fsp3) is 0.600. The lowest BCUT2D eigenvalue weighted by Crippen LogP contribution is -2.29. The first-order valence-electron chi connectivity index (χ1n) is 5.53. The Kier molecular flexibility index (Phi) is 5.33. The Morgan fingerprint density at radius 3 is 2.68 bits per heavy atom. The molecule has 19 heavy (non-hydrogen) atoms. The van der Waals surface area contributed by atoms with Crippen molar-refractivity contribution in [2.75, 3.05) is 27.3 Å². The Morgan fingerprint density at radius 1 is 1.53 bits per heavy atom. The minimum absolute atomic E-state index is 0.188. The van der Waals surface area contributed by atoms with E-state index in [4.69, 9.17) is 15.4 Å². The van der Waals surface area contributed by atoms with Crippen LogP contribution in [0.4, 0.5) is 0 Å². The van der Waals surface area contributed by atoms with Crippen LogP contribution in [0.5, 0.6) is 0 Å². The molecule has 0 aromatic carbocycles. The van der Waals surface area contributed by atoms with Crippen LogP contribution in [0.3, 0.4) is 0 Å². The van der Waals surface area contributed by atoms with Crippen LogP contribution in [0, 0.1) is 6.92 Å². The van der Waals surface area contributed by atoms with Gasteiger partial charge in [0, 0.05) is 38.0 Å². The lowest BCUT2D eigenvalue weighted by molar-refractivity contribution is 0.0770. The topological polar surface area (TPSA) is 92.4 Å². The molecule has 0 saturated heterocycles. The van der Waals surface area contributed by atoms with E-state index in [0.29, 0.717) is 19.6 Å². The highest BCUT2D eigenvalue weighted by atomic mass is 35.7. The molecule has 1 aromatic heterocycles. The number of aromatic amines is 1. The quantitative estimate of drug-likeness (QED) is 0.618. The molecule has 0 aliphatic rings. The molecule has 0 bridgehead atoms. The van der Waals surface area contributed by atoms with Crippen molar-refractivity contribution >= 4 is 25.6 Å². The molecule has 1 amide bonds. The Labute approximate surface area is 116 Å². The highest BCUT2D eigenvalue weighted by Gasteiger charge is 2.28. The van der Waals surface area contributed by atoms with Gasteiger partial charge in [0.2, 0.25) is 0 Å². The number of nitrogens with zero attached hydrogens (tertiary/aromatic N) is 2. The Balaban J connectivity index is 2.95. The molecule has 0 aliphatic heterocycles. The first kappa shape index (κ1) is 15.9. The highest BCUT2D eigenvalue weighted by molar-refractivity contribution is 8.13. The molecule has 0 atom stereocenters. The third kappa shape index (κ3) is 3.92. The largest absolute Gasteiger partial charge is 0.385 e. The third-order valence-electron chi connectivity index (χ3n) is 2.53.